The van der Waals surface area contributed by atoms with Crippen molar-refractivity contribution in [2.24, 2.45) is 0 Å². The highest BCUT2D eigenvalue weighted by Gasteiger charge is 2.19. The van der Waals surface area contributed by atoms with Crippen molar-refractivity contribution in [3.05, 3.63) is 72.2 Å². The number of rotatable bonds is 8. The number of methoxy groups -OCH3 is 2. The van der Waals surface area contributed by atoms with Crippen LogP contribution in [0.1, 0.15) is 17.2 Å². The maximum atomic E-state index is 12.3. The Labute approximate surface area is 174 Å². The van der Waals surface area contributed by atoms with Crippen molar-refractivity contribution in [3.8, 4) is 17.6 Å². The van der Waals surface area contributed by atoms with E-state index in [9.17, 15) is 13.7 Å². The molecule has 0 bridgehead atoms. The lowest BCUT2D eigenvalue weighted by Gasteiger charge is -2.14. The molecule has 0 amide bonds. The number of hydrazine groups is 1. The summed E-state index contributed by atoms with van der Waals surface area (Å²) in [6, 6.07) is 15.2. The molecule has 2 N–H and O–H groups in total. The van der Waals surface area contributed by atoms with Gasteiger partial charge in [-0.25, -0.2) is 13.4 Å². The summed E-state index contributed by atoms with van der Waals surface area (Å²) in [5.41, 5.74) is 3.50. The number of sulfonamides is 1. The summed E-state index contributed by atoms with van der Waals surface area (Å²) in [5.74, 6) is 0.417. The van der Waals surface area contributed by atoms with E-state index >= 15 is 0 Å². The third-order valence-corrected chi connectivity index (χ3v) is 5.45. The third kappa shape index (κ3) is 4.65. The molecule has 1 atom stereocenters. The second kappa shape index (κ2) is 9.21. The van der Waals surface area contributed by atoms with Crippen LogP contribution in [0.25, 0.3) is 0 Å². The van der Waals surface area contributed by atoms with E-state index in [1.54, 1.807) is 36.4 Å². The van der Waals surface area contributed by atoms with Gasteiger partial charge in [-0.05, 0) is 29.8 Å². The molecule has 0 saturated carbocycles. The van der Waals surface area contributed by atoms with Gasteiger partial charge in [0.1, 0.15) is 5.92 Å². The van der Waals surface area contributed by atoms with E-state index in [-0.39, 0.29) is 10.7 Å². The molecule has 3 rings (SSSR count). The first-order chi connectivity index (χ1) is 14.5. The van der Waals surface area contributed by atoms with Crippen molar-refractivity contribution < 1.29 is 17.9 Å². The van der Waals surface area contributed by atoms with Crippen molar-refractivity contribution >= 4 is 15.8 Å². The Morgan fingerprint density at radius 2 is 1.77 bits per heavy atom. The Morgan fingerprint density at radius 3 is 2.43 bits per heavy atom. The van der Waals surface area contributed by atoms with E-state index in [0.717, 1.165) is 0 Å². The SMILES string of the molecule is COc1ccc(C(C#N)c2cncc(NNS(=O)(=O)c3ccccc3)n2)cc1OC. The molecule has 154 valence electrons. The molecule has 0 aliphatic heterocycles. The zero-order valence-corrected chi connectivity index (χ0v) is 17.1. The van der Waals surface area contributed by atoms with Crippen LogP contribution in [0.3, 0.4) is 0 Å². The largest absolute Gasteiger partial charge is 0.493 e. The van der Waals surface area contributed by atoms with E-state index < -0.39 is 15.9 Å². The van der Waals surface area contributed by atoms with Crippen LogP contribution in [0.5, 0.6) is 11.5 Å². The van der Waals surface area contributed by atoms with Gasteiger partial charge in [-0.3, -0.25) is 10.4 Å². The summed E-state index contributed by atoms with van der Waals surface area (Å²) >= 11 is 0. The standard InChI is InChI=1S/C20H19N5O4S/c1-28-18-9-8-14(10-19(18)29-2)16(11-21)17-12-22-13-20(23-17)24-25-30(26,27)15-6-4-3-5-7-15/h3-10,12-13,16,25H,1-2H3,(H,23,24). The Morgan fingerprint density at radius 1 is 1.03 bits per heavy atom. The number of aromatic nitrogens is 2. The predicted octanol–water partition coefficient (Wildman–Crippen LogP) is 2.45. The van der Waals surface area contributed by atoms with Crippen molar-refractivity contribution in [1.29, 1.82) is 5.26 Å². The molecular weight excluding hydrogens is 406 g/mol. The first-order valence-electron chi connectivity index (χ1n) is 8.75. The fraction of sp³-hybridized carbons (Fsp3) is 0.150. The second-order valence-corrected chi connectivity index (χ2v) is 7.73. The molecule has 1 heterocycles. The maximum Gasteiger partial charge on any atom is 0.257 e. The number of hydrogen-bond donors (Lipinski definition) is 2. The summed E-state index contributed by atoms with van der Waals surface area (Å²) in [5, 5.41) is 9.70. The van der Waals surface area contributed by atoms with E-state index in [2.05, 4.69) is 26.3 Å². The van der Waals surface area contributed by atoms with Gasteiger partial charge in [0.15, 0.2) is 17.3 Å². The minimum absolute atomic E-state index is 0.0989. The van der Waals surface area contributed by atoms with Crippen LogP contribution in [0.4, 0.5) is 5.82 Å². The van der Waals surface area contributed by atoms with Crippen LogP contribution < -0.4 is 19.7 Å². The lowest BCUT2D eigenvalue weighted by atomic mass is 9.97. The first-order valence-corrected chi connectivity index (χ1v) is 10.2. The normalized spacial score (nSPS) is 11.9. The summed E-state index contributed by atoms with van der Waals surface area (Å²) in [6.45, 7) is 0. The topological polar surface area (TPSA) is 126 Å². The molecule has 0 aliphatic rings. The molecule has 2 aromatic carbocycles. The van der Waals surface area contributed by atoms with Crippen molar-refractivity contribution in [2.45, 2.75) is 10.8 Å². The van der Waals surface area contributed by atoms with Crippen LogP contribution >= 0.6 is 0 Å². The van der Waals surface area contributed by atoms with Crippen molar-refractivity contribution in [3.63, 3.8) is 0 Å². The fourth-order valence-electron chi connectivity index (χ4n) is 2.70. The van der Waals surface area contributed by atoms with Gasteiger partial charge in [0.05, 0.1) is 43.3 Å². The quantitative estimate of drug-likeness (QED) is 0.527. The zero-order valence-electron chi connectivity index (χ0n) is 16.2. The molecule has 1 unspecified atom stereocenters. The fourth-order valence-corrected chi connectivity index (χ4v) is 3.57. The summed E-state index contributed by atoms with van der Waals surface area (Å²) in [6.07, 6.45) is 2.79. The predicted molar refractivity (Wildman–Crippen MR) is 109 cm³/mol. The van der Waals surface area contributed by atoms with Gasteiger partial charge in [-0.15, -0.1) is 4.83 Å². The Balaban J connectivity index is 1.83. The van der Waals surface area contributed by atoms with Gasteiger partial charge in [0.2, 0.25) is 0 Å². The highest BCUT2D eigenvalue weighted by molar-refractivity contribution is 7.89. The molecule has 0 saturated heterocycles. The first kappa shape index (κ1) is 21.0. The molecule has 1 aromatic heterocycles. The average Bonchev–Trinajstić information content (AvgIpc) is 2.79. The number of benzene rings is 2. The Kier molecular flexibility index (Phi) is 6.46. The molecule has 30 heavy (non-hydrogen) atoms. The summed E-state index contributed by atoms with van der Waals surface area (Å²) < 4.78 is 35.2. The van der Waals surface area contributed by atoms with E-state index in [1.165, 1.54) is 38.7 Å². The Bertz CT molecular complexity index is 1160. The van der Waals surface area contributed by atoms with Gasteiger partial charge in [-0.1, -0.05) is 24.3 Å². The van der Waals surface area contributed by atoms with Gasteiger partial charge in [0, 0.05) is 0 Å². The Hall–Kier alpha value is -3.68. The summed E-state index contributed by atoms with van der Waals surface area (Å²) in [7, 11) is -0.760. The van der Waals surface area contributed by atoms with E-state index in [1.807, 2.05) is 0 Å². The average molecular weight is 425 g/mol. The van der Waals surface area contributed by atoms with Gasteiger partial charge >= 0.3 is 0 Å². The molecule has 0 radical (unpaired) electrons. The number of hydrogen-bond acceptors (Lipinski definition) is 8. The van der Waals surface area contributed by atoms with Gasteiger partial charge in [-0.2, -0.15) is 5.26 Å². The molecule has 10 heteroatoms. The van der Waals surface area contributed by atoms with Crippen molar-refractivity contribution in [2.75, 3.05) is 19.6 Å². The van der Waals surface area contributed by atoms with Crippen LogP contribution in [0.15, 0.2) is 65.8 Å². The highest BCUT2D eigenvalue weighted by atomic mass is 32.2. The minimum Gasteiger partial charge on any atom is -0.493 e. The molecular formula is C20H19N5O4S. The van der Waals surface area contributed by atoms with Crippen molar-refractivity contribution in [1.82, 2.24) is 14.8 Å². The van der Waals surface area contributed by atoms with Crippen LogP contribution in [-0.2, 0) is 10.0 Å². The van der Waals surface area contributed by atoms with Gasteiger partial charge < -0.3 is 9.47 Å². The molecule has 0 spiro atoms. The molecule has 0 fully saturated rings. The van der Waals surface area contributed by atoms with Crippen LogP contribution in [-0.4, -0.2) is 32.6 Å². The smallest absolute Gasteiger partial charge is 0.257 e. The number of nitrogens with one attached hydrogen (secondary N) is 2. The third-order valence-electron chi connectivity index (χ3n) is 4.19. The lowest BCUT2D eigenvalue weighted by Crippen LogP contribution is -2.30. The zero-order chi connectivity index (χ0) is 21.6. The summed E-state index contributed by atoms with van der Waals surface area (Å²) in [4.78, 5) is 10.7. The second-order valence-electron chi connectivity index (χ2n) is 6.05. The van der Waals surface area contributed by atoms with E-state index in [0.29, 0.717) is 22.8 Å². The molecule has 0 aliphatic carbocycles. The van der Waals surface area contributed by atoms with Crippen LogP contribution in [0.2, 0.25) is 0 Å². The lowest BCUT2D eigenvalue weighted by molar-refractivity contribution is 0.354. The minimum atomic E-state index is -3.79. The number of nitriles is 1. The monoisotopic (exact) mass is 425 g/mol. The van der Waals surface area contributed by atoms with E-state index in [4.69, 9.17) is 9.47 Å². The maximum absolute atomic E-state index is 12.3. The number of nitrogens with zero attached hydrogens (tertiary/aromatic N) is 3. The number of anilines is 1. The highest BCUT2D eigenvalue weighted by Crippen LogP contribution is 2.32. The molecule has 9 nitrogen and oxygen atoms in total. The van der Waals surface area contributed by atoms with Crippen LogP contribution in [0, 0.1) is 11.3 Å². The molecule has 3 aromatic rings. The number of ether oxygens (including phenoxy) is 2. The van der Waals surface area contributed by atoms with Gasteiger partial charge in [0.25, 0.3) is 10.0 Å².